The van der Waals surface area contributed by atoms with E-state index in [2.05, 4.69) is 10.0 Å². The second-order valence-corrected chi connectivity index (χ2v) is 7.34. The summed E-state index contributed by atoms with van der Waals surface area (Å²) in [4.78, 5) is 24.1. The first-order valence-corrected chi connectivity index (χ1v) is 9.01. The first-order chi connectivity index (χ1) is 11.8. The fourth-order valence-electron chi connectivity index (χ4n) is 2.69. The van der Waals surface area contributed by atoms with E-state index in [1.54, 1.807) is 0 Å². The predicted molar refractivity (Wildman–Crippen MR) is 87.0 cm³/mol. The second kappa shape index (κ2) is 6.48. The molecular weight excluding hydrogens is 355 g/mol. The van der Waals surface area contributed by atoms with E-state index in [0.29, 0.717) is 0 Å². The monoisotopic (exact) mass is 372 g/mol. The molecule has 2 amide bonds. The lowest BCUT2D eigenvalue weighted by atomic mass is 10.2. The van der Waals surface area contributed by atoms with Crippen LogP contribution in [0.25, 0.3) is 0 Å². The lowest BCUT2D eigenvalue weighted by molar-refractivity contribution is -0.119. The highest BCUT2D eigenvalue weighted by atomic mass is 32.2. The van der Waals surface area contributed by atoms with E-state index < -0.39 is 28.2 Å². The Morgan fingerprint density at radius 2 is 2.24 bits per heavy atom. The van der Waals surface area contributed by atoms with Gasteiger partial charge in [-0.25, -0.2) is 9.18 Å². The van der Waals surface area contributed by atoms with Crippen LogP contribution in [-0.2, 0) is 19.7 Å². The summed E-state index contributed by atoms with van der Waals surface area (Å²) in [5.41, 5.74) is 0.164. The van der Waals surface area contributed by atoms with Crippen LogP contribution in [0.5, 0.6) is 0 Å². The average Bonchev–Trinajstić information content (AvgIpc) is 3.07. The summed E-state index contributed by atoms with van der Waals surface area (Å²) >= 11 is 0. The minimum absolute atomic E-state index is 0.0869. The molecular formula is C14H17FN4O5S. The summed E-state index contributed by atoms with van der Waals surface area (Å²) in [6.45, 7) is 2.00. The summed E-state index contributed by atoms with van der Waals surface area (Å²) in [5, 5.41) is 2.55. The summed E-state index contributed by atoms with van der Waals surface area (Å²) in [6, 6.07) is 3.85. The van der Waals surface area contributed by atoms with Crippen molar-refractivity contribution in [2.45, 2.75) is 13.0 Å². The van der Waals surface area contributed by atoms with Gasteiger partial charge in [0.15, 0.2) is 0 Å². The van der Waals surface area contributed by atoms with Crippen molar-refractivity contribution in [2.24, 2.45) is 0 Å². The number of amides is 2. The molecule has 0 unspecified atom stereocenters. The van der Waals surface area contributed by atoms with Crippen LogP contribution in [0.15, 0.2) is 18.2 Å². The Kier molecular flexibility index (Phi) is 4.52. The highest BCUT2D eigenvalue weighted by Crippen LogP contribution is 2.29. The summed E-state index contributed by atoms with van der Waals surface area (Å²) < 4.78 is 46.4. The Labute approximate surface area is 143 Å². The van der Waals surface area contributed by atoms with Gasteiger partial charge in [-0.05, 0) is 18.2 Å². The van der Waals surface area contributed by atoms with E-state index in [4.69, 9.17) is 4.74 Å². The number of halogens is 1. The normalized spacial score (nSPS) is 22.2. The zero-order chi connectivity index (χ0) is 18.2. The molecule has 1 aromatic carbocycles. The van der Waals surface area contributed by atoms with E-state index in [-0.39, 0.29) is 43.5 Å². The number of nitrogens with one attached hydrogen (secondary N) is 2. The molecule has 1 atom stereocenters. The van der Waals surface area contributed by atoms with Crippen molar-refractivity contribution in [1.29, 1.82) is 0 Å². The third kappa shape index (κ3) is 3.51. The van der Waals surface area contributed by atoms with Crippen molar-refractivity contribution < 1.29 is 27.1 Å². The molecule has 1 aromatic rings. The van der Waals surface area contributed by atoms with Crippen LogP contribution in [0.2, 0.25) is 0 Å². The third-order valence-electron chi connectivity index (χ3n) is 3.85. The predicted octanol–water partition coefficient (Wildman–Crippen LogP) is -0.0586. The largest absolute Gasteiger partial charge is 0.442 e. The molecule has 3 rings (SSSR count). The number of ether oxygens (including phenoxy) is 1. The smallest absolute Gasteiger partial charge is 0.414 e. The van der Waals surface area contributed by atoms with Crippen molar-refractivity contribution in [1.82, 2.24) is 10.0 Å². The zero-order valence-electron chi connectivity index (χ0n) is 13.4. The van der Waals surface area contributed by atoms with E-state index in [1.165, 1.54) is 24.0 Å². The third-order valence-corrected chi connectivity index (χ3v) is 5.38. The molecule has 0 bridgehead atoms. The molecule has 0 spiro atoms. The number of carbonyl (C=O) groups excluding carboxylic acids is 2. The van der Waals surface area contributed by atoms with Gasteiger partial charge >= 0.3 is 16.3 Å². The Hall–Kier alpha value is -2.40. The quantitative estimate of drug-likeness (QED) is 0.770. The van der Waals surface area contributed by atoms with Crippen LogP contribution < -0.4 is 19.2 Å². The first kappa shape index (κ1) is 17.4. The minimum Gasteiger partial charge on any atom is -0.442 e. The minimum atomic E-state index is -3.73. The second-order valence-electron chi connectivity index (χ2n) is 5.66. The average molecular weight is 372 g/mol. The number of anilines is 2. The molecule has 25 heavy (non-hydrogen) atoms. The van der Waals surface area contributed by atoms with Crippen LogP contribution in [0.4, 0.5) is 20.6 Å². The van der Waals surface area contributed by atoms with Gasteiger partial charge in [0.1, 0.15) is 11.9 Å². The summed E-state index contributed by atoms with van der Waals surface area (Å²) in [7, 11) is -3.73. The van der Waals surface area contributed by atoms with E-state index in [1.807, 2.05) is 0 Å². The Balaban J connectivity index is 1.77. The van der Waals surface area contributed by atoms with Crippen LogP contribution in [0.1, 0.15) is 6.92 Å². The van der Waals surface area contributed by atoms with Crippen LogP contribution in [0.3, 0.4) is 0 Å². The van der Waals surface area contributed by atoms with Crippen molar-refractivity contribution in [2.75, 3.05) is 35.4 Å². The molecule has 2 fully saturated rings. The highest BCUT2D eigenvalue weighted by molar-refractivity contribution is 7.91. The maximum Gasteiger partial charge on any atom is 0.414 e. The fourth-order valence-corrected chi connectivity index (χ4v) is 3.93. The Bertz CT molecular complexity index is 815. The van der Waals surface area contributed by atoms with Crippen LogP contribution >= 0.6 is 0 Å². The van der Waals surface area contributed by atoms with Crippen molar-refractivity contribution in [3.05, 3.63) is 24.0 Å². The number of cyclic esters (lactones) is 1. The number of hydrogen-bond donors (Lipinski definition) is 2. The summed E-state index contributed by atoms with van der Waals surface area (Å²) in [6.07, 6.45) is -1.19. The number of nitrogens with zero attached hydrogens (tertiary/aromatic N) is 2. The Morgan fingerprint density at radius 3 is 2.84 bits per heavy atom. The van der Waals surface area contributed by atoms with Crippen LogP contribution in [-0.4, -0.2) is 52.7 Å². The standard InChI is InChI=1S/C14H17FN4O5S/c1-9(20)16-7-11-8-18(14(21)24-11)10-2-3-13(12(15)6-10)19-5-4-17-25(19,22)23/h2-3,6,11,17H,4-5,7-8H2,1H3,(H,16,20)/t11-/m0/s1. The first-order valence-electron chi connectivity index (χ1n) is 7.57. The maximum atomic E-state index is 14.4. The molecule has 2 N–H and O–H groups in total. The zero-order valence-corrected chi connectivity index (χ0v) is 14.2. The molecule has 0 aromatic heterocycles. The van der Waals surface area contributed by atoms with Gasteiger partial charge in [0, 0.05) is 20.0 Å². The fraction of sp³-hybridized carbons (Fsp3) is 0.429. The molecule has 2 heterocycles. The van der Waals surface area contributed by atoms with Crippen LogP contribution in [0, 0.1) is 5.82 Å². The topological polar surface area (TPSA) is 108 Å². The van der Waals surface area contributed by atoms with Gasteiger partial charge in [0.05, 0.1) is 24.5 Å². The van der Waals surface area contributed by atoms with Gasteiger partial charge in [-0.15, -0.1) is 0 Å². The lowest BCUT2D eigenvalue weighted by Gasteiger charge is -2.19. The van der Waals surface area contributed by atoms with Crippen molar-refractivity contribution in [3.63, 3.8) is 0 Å². The van der Waals surface area contributed by atoms with Gasteiger partial charge in [0.2, 0.25) is 5.91 Å². The molecule has 2 saturated heterocycles. The van der Waals surface area contributed by atoms with E-state index >= 15 is 0 Å². The lowest BCUT2D eigenvalue weighted by Crippen LogP contribution is -2.33. The van der Waals surface area contributed by atoms with Crippen molar-refractivity contribution in [3.8, 4) is 0 Å². The molecule has 9 nitrogen and oxygen atoms in total. The highest BCUT2D eigenvalue weighted by Gasteiger charge is 2.34. The van der Waals surface area contributed by atoms with E-state index in [9.17, 15) is 22.4 Å². The van der Waals surface area contributed by atoms with Gasteiger partial charge < -0.3 is 10.1 Å². The van der Waals surface area contributed by atoms with Gasteiger partial charge in [-0.1, -0.05) is 0 Å². The molecule has 11 heteroatoms. The number of hydrogen-bond acceptors (Lipinski definition) is 5. The SMILES string of the molecule is CC(=O)NC[C@H]1CN(c2ccc(N3CCNS3(=O)=O)c(F)c2)C(=O)O1. The molecule has 2 aliphatic rings. The summed E-state index contributed by atoms with van der Waals surface area (Å²) in [5.74, 6) is -1.01. The van der Waals surface area contributed by atoms with Crippen molar-refractivity contribution >= 4 is 33.6 Å². The number of rotatable bonds is 4. The molecule has 0 radical (unpaired) electrons. The van der Waals surface area contributed by atoms with Gasteiger partial charge in [-0.2, -0.15) is 13.1 Å². The Morgan fingerprint density at radius 1 is 1.48 bits per heavy atom. The van der Waals surface area contributed by atoms with E-state index in [0.717, 1.165) is 10.4 Å². The van der Waals surface area contributed by atoms with Gasteiger partial charge in [0.25, 0.3) is 0 Å². The molecule has 0 aliphatic carbocycles. The number of benzene rings is 1. The number of carbonyl (C=O) groups is 2. The van der Waals surface area contributed by atoms with Gasteiger partial charge in [-0.3, -0.25) is 14.0 Å². The molecule has 136 valence electrons. The molecule has 2 aliphatic heterocycles. The molecule has 0 saturated carbocycles. The maximum absolute atomic E-state index is 14.4.